The molecule has 2 bridgehead atoms. The monoisotopic (exact) mass is 407 g/mol. The fraction of sp³-hybridized carbons (Fsp3) is 0.526. The van der Waals surface area contributed by atoms with Crippen LogP contribution in [0.3, 0.4) is 0 Å². The van der Waals surface area contributed by atoms with E-state index in [1.807, 2.05) is 20.8 Å². The molecule has 1 N–H and O–H groups in total. The molecule has 3 rings (SSSR count). The Morgan fingerprint density at radius 1 is 1.36 bits per heavy atom. The highest BCUT2D eigenvalue weighted by Crippen LogP contribution is 2.60. The van der Waals surface area contributed by atoms with Gasteiger partial charge < -0.3 is 5.32 Å². The Balaban J connectivity index is 1.67. The predicted octanol–water partition coefficient (Wildman–Crippen LogP) is 3.39. The molecule has 0 radical (unpaired) electrons. The van der Waals surface area contributed by atoms with Gasteiger partial charge in [-0.25, -0.2) is 0 Å². The van der Waals surface area contributed by atoms with Crippen molar-refractivity contribution < 1.29 is 19.3 Å². The summed E-state index contributed by atoms with van der Waals surface area (Å²) >= 11 is 5.76. The molecule has 1 saturated carbocycles. The van der Waals surface area contributed by atoms with Crippen LogP contribution in [0.15, 0.2) is 18.2 Å². The summed E-state index contributed by atoms with van der Waals surface area (Å²) < 4.78 is 0. The first-order valence-corrected chi connectivity index (χ1v) is 9.46. The highest BCUT2D eigenvalue weighted by Gasteiger charge is 2.64. The molecule has 0 aromatic heterocycles. The van der Waals surface area contributed by atoms with Crippen LogP contribution in [0.2, 0.25) is 5.02 Å². The van der Waals surface area contributed by atoms with E-state index in [0.29, 0.717) is 12.8 Å². The average molecular weight is 408 g/mol. The molecule has 1 saturated heterocycles. The SMILES string of the molecule is CC12CCC(C(=O)N(CCC(=O)Nc3ccc(Cl)c([N+](=O)[O-])c3)C1=O)C2(C)C. The molecular formula is C19H22ClN3O5. The maximum atomic E-state index is 12.9. The van der Waals surface area contributed by atoms with Crippen molar-refractivity contribution >= 4 is 40.7 Å². The minimum atomic E-state index is -0.638. The number of imide groups is 1. The minimum absolute atomic E-state index is 0.0125. The molecule has 3 amide bonds. The Morgan fingerprint density at radius 2 is 2.04 bits per heavy atom. The molecule has 1 aliphatic heterocycles. The van der Waals surface area contributed by atoms with Gasteiger partial charge in [0.25, 0.3) is 5.69 Å². The van der Waals surface area contributed by atoms with Gasteiger partial charge >= 0.3 is 0 Å². The number of hydrogen-bond donors (Lipinski definition) is 1. The van der Waals surface area contributed by atoms with Crippen molar-refractivity contribution in [1.82, 2.24) is 4.90 Å². The zero-order valence-corrected chi connectivity index (χ0v) is 16.7. The van der Waals surface area contributed by atoms with Crippen molar-refractivity contribution in [2.24, 2.45) is 16.7 Å². The number of benzene rings is 1. The summed E-state index contributed by atoms with van der Waals surface area (Å²) in [5, 5.41) is 13.5. The van der Waals surface area contributed by atoms with Gasteiger partial charge in [0.15, 0.2) is 0 Å². The lowest BCUT2D eigenvalue weighted by atomic mass is 9.62. The zero-order chi connectivity index (χ0) is 20.9. The number of carbonyl (C=O) groups excluding carboxylic acids is 3. The van der Waals surface area contributed by atoms with Gasteiger partial charge in [0.05, 0.1) is 10.3 Å². The first-order chi connectivity index (χ1) is 13.0. The van der Waals surface area contributed by atoms with Crippen LogP contribution in [0.5, 0.6) is 0 Å². The lowest BCUT2D eigenvalue weighted by Gasteiger charge is -2.47. The summed E-state index contributed by atoms with van der Waals surface area (Å²) in [6, 6.07) is 3.95. The molecule has 0 spiro atoms. The molecule has 1 aromatic rings. The van der Waals surface area contributed by atoms with Gasteiger partial charge in [-0.15, -0.1) is 0 Å². The van der Waals surface area contributed by atoms with Crippen LogP contribution in [0.25, 0.3) is 0 Å². The Hall–Kier alpha value is -2.48. The number of hydrogen-bond acceptors (Lipinski definition) is 5. The summed E-state index contributed by atoms with van der Waals surface area (Å²) in [5.41, 5.74) is -1.10. The van der Waals surface area contributed by atoms with Crippen LogP contribution in [0.1, 0.15) is 40.0 Å². The van der Waals surface area contributed by atoms with Crippen LogP contribution in [0, 0.1) is 26.9 Å². The fourth-order valence-electron chi connectivity index (χ4n) is 4.28. The van der Waals surface area contributed by atoms with Crippen molar-refractivity contribution in [2.45, 2.75) is 40.0 Å². The van der Waals surface area contributed by atoms with Crippen molar-refractivity contribution in [3.05, 3.63) is 33.3 Å². The first-order valence-electron chi connectivity index (χ1n) is 9.08. The number of nitro groups is 1. The second-order valence-corrected chi connectivity index (χ2v) is 8.57. The van der Waals surface area contributed by atoms with E-state index < -0.39 is 21.7 Å². The Morgan fingerprint density at radius 3 is 2.68 bits per heavy atom. The van der Waals surface area contributed by atoms with E-state index in [1.54, 1.807) is 0 Å². The highest BCUT2D eigenvalue weighted by molar-refractivity contribution is 6.32. The van der Waals surface area contributed by atoms with Crippen molar-refractivity contribution in [3.8, 4) is 0 Å². The van der Waals surface area contributed by atoms with Crippen LogP contribution in [-0.4, -0.2) is 34.1 Å². The van der Waals surface area contributed by atoms with Crippen molar-refractivity contribution in [3.63, 3.8) is 0 Å². The zero-order valence-electron chi connectivity index (χ0n) is 16.0. The van der Waals surface area contributed by atoms with E-state index in [-0.39, 0.29) is 47.1 Å². The summed E-state index contributed by atoms with van der Waals surface area (Å²) in [5.74, 6) is -1.12. The minimum Gasteiger partial charge on any atom is -0.326 e. The number of nitrogens with one attached hydrogen (secondary N) is 1. The number of piperidine rings is 1. The van der Waals surface area contributed by atoms with Gasteiger partial charge in [-0.1, -0.05) is 32.4 Å². The second kappa shape index (κ2) is 6.84. The molecule has 1 aromatic carbocycles. The van der Waals surface area contributed by atoms with Gasteiger partial charge in [0.1, 0.15) is 5.02 Å². The predicted molar refractivity (Wildman–Crippen MR) is 103 cm³/mol. The number of nitro benzene ring substituents is 1. The molecule has 2 unspecified atom stereocenters. The number of likely N-dealkylation sites (tertiary alicyclic amines) is 1. The Labute approximate surface area is 167 Å². The molecule has 2 atom stereocenters. The maximum Gasteiger partial charge on any atom is 0.289 e. The number of fused-ring (bicyclic) bond motifs is 2. The van der Waals surface area contributed by atoms with Crippen molar-refractivity contribution in [1.29, 1.82) is 0 Å². The molecular weight excluding hydrogens is 386 g/mol. The second-order valence-electron chi connectivity index (χ2n) is 8.16. The summed E-state index contributed by atoms with van der Waals surface area (Å²) in [6.07, 6.45) is 1.24. The van der Waals surface area contributed by atoms with Gasteiger partial charge in [-0.3, -0.25) is 29.4 Å². The standard InChI is InChI=1S/C19H22ClN3O5/c1-18(2)12-6-8-19(18,3)17(26)22(16(12)25)9-7-15(24)21-11-4-5-13(20)14(10-11)23(27)28/h4-5,10,12H,6-9H2,1-3H3,(H,21,24). The van der Waals surface area contributed by atoms with Gasteiger partial charge in [-0.2, -0.15) is 0 Å². The molecule has 2 aliphatic rings. The van der Waals surface area contributed by atoms with Crippen LogP contribution in [-0.2, 0) is 14.4 Å². The number of carbonyl (C=O) groups is 3. The van der Waals surface area contributed by atoms with E-state index >= 15 is 0 Å². The third-order valence-corrected chi connectivity index (χ3v) is 6.82. The topological polar surface area (TPSA) is 110 Å². The summed E-state index contributed by atoms with van der Waals surface area (Å²) in [4.78, 5) is 49.5. The molecule has 1 heterocycles. The van der Waals surface area contributed by atoms with Crippen LogP contribution in [0.4, 0.5) is 11.4 Å². The van der Waals surface area contributed by atoms with Crippen LogP contribution < -0.4 is 5.32 Å². The van der Waals surface area contributed by atoms with Crippen molar-refractivity contribution in [2.75, 3.05) is 11.9 Å². The molecule has 8 nitrogen and oxygen atoms in total. The Bertz CT molecular complexity index is 884. The highest BCUT2D eigenvalue weighted by atomic mass is 35.5. The van der Waals surface area contributed by atoms with E-state index in [9.17, 15) is 24.5 Å². The first kappa shape index (κ1) is 20.3. The molecule has 28 heavy (non-hydrogen) atoms. The summed E-state index contributed by atoms with van der Waals surface area (Å²) in [7, 11) is 0. The maximum absolute atomic E-state index is 12.9. The Kier molecular flexibility index (Phi) is 4.95. The number of rotatable bonds is 5. The number of halogens is 1. The molecule has 150 valence electrons. The van der Waals surface area contributed by atoms with Gasteiger partial charge in [-0.05, 0) is 30.4 Å². The quantitative estimate of drug-likeness (QED) is 0.457. The fourth-order valence-corrected chi connectivity index (χ4v) is 4.47. The third-order valence-electron chi connectivity index (χ3n) is 6.50. The lowest BCUT2D eigenvalue weighted by molar-refractivity contribution is -0.384. The molecule has 9 heteroatoms. The largest absolute Gasteiger partial charge is 0.326 e. The number of anilines is 1. The van der Waals surface area contributed by atoms with E-state index in [2.05, 4.69) is 5.32 Å². The van der Waals surface area contributed by atoms with E-state index in [4.69, 9.17) is 11.6 Å². The van der Waals surface area contributed by atoms with Crippen LogP contribution >= 0.6 is 11.6 Å². The van der Waals surface area contributed by atoms with E-state index in [1.165, 1.54) is 23.1 Å². The molecule has 1 aliphatic carbocycles. The van der Waals surface area contributed by atoms with Gasteiger partial charge in [0.2, 0.25) is 17.7 Å². The van der Waals surface area contributed by atoms with E-state index in [0.717, 1.165) is 0 Å². The smallest absolute Gasteiger partial charge is 0.289 e. The van der Waals surface area contributed by atoms with Gasteiger partial charge in [0, 0.05) is 30.6 Å². The number of nitrogens with zero attached hydrogens (tertiary/aromatic N) is 2. The third kappa shape index (κ3) is 3.05. The lowest BCUT2D eigenvalue weighted by Crippen LogP contribution is -2.59. The normalized spacial score (nSPS) is 25.7. The average Bonchev–Trinajstić information content (AvgIpc) is 2.80. The molecule has 2 fully saturated rings. The summed E-state index contributed by atoms with van der Waals surface area (Å²) in [6.45, 7) is 5.79. The number of amides is 3.